The molecule has 1 aromatic heterocycles. The lowest BCUT2D eigenvalue weighted by atomic mass is 10.1. The smallest absolute Gasteiger partial charge is 0.253 e. The van der Waals surface area contributed by atoms with Crippen molar-refractivity contribution in [2.45, 2.75) is 0 Å². The number of fused-ring (bicyclic) bond motifs is 1. The molecule has 0 unspecified atom stereocenters. The number of thiophene rings is 1. The normalized spacial score (nSPS) is 14.3. The minimum Gasteiger partial charge on any atom is -0.366 e. The van der Waals surface area contributed by atoms with Crippen molar-refractivity contribution in [2.75, 3.05) is 31.1 Å². The second kappa shape index (κ2) is 7.72. The van der Waals surface area contributed by atoms with Crippen LogP contribution < -0.4 is 4.90 Å². The number of amides is 1. The molecule has 0 radical (unpaired) electrons. The van der Waals surface area contributed by atoms with Gasteiger partial charge in [-0.3, -0.25) is 4.79 Å². The first-order valence-electron chi connectivity index (χ1n) is 9.97. The van der Waals surface area contributed by atoms with Crippen LogP contribution in [0.4, 0.5) is 5.69 Å². The molecule has 0 saturated carbocycles. The third-order valence-electron chi connectivity index (χ3n) is 5.51. The number of rotatable bonds is 3. The highest BCUT2D eigenvalue weighted by atomic mass is 32.1. The lowest BCUT2D eigenvalue weighted by Crippen LogP contribution is -2.48. The zero-order valence-corrected chi connectivity index (χ0v) is 16.9. The van der Waals surface area contributed by atoms with Gasteiger partial charge in [-0.2, -0.15) is 0 Å². The zero-order chi connectivity index (χ0) is 19.6. The van der Waals surface area contributed by atoms with E-state index in [1.807, 2.05) is 46.6 Å². The van der Waals surface area contributed by atoms with Crippen molar-refractivity contribution in [3.05, 3.63) is 90.5 Å². The number of carbonyl (C=O) groups is 1. The molecule has 1 aliphatic rings. The maximum Gasteiger partial charge on any atom is 0.253 e. The summed E-state index contributed by atoms with van der Waals surface area (Å²) in [4.78, 5) is 18.5. The number of anilines is 1. The predicted octanol–water partition coefficient (Wildman–Crippen LogP) is 5.53. The summed E-state index contributed by atoms with van der Waals surface area (Å²) in [7, 11) is 0. The Morgan fingerprint density at radius 1 is 0.724 bits per heavy atom. The van der Waals surface area contributed by atoms with Gasteiger partial charge in [0.1, 0.15) is 0 Å². The fraction of sp³-hybridized carbons (Fsp3) is 0.160. The maximum absolute atomic E-state index is 12.8. The van der Waals surface area contributed by atoms with Crippen molar-refractivity contribution < 1.29 is 4.79 Å². The van der Waals surface area contributed by atoms with Crippen LogP contribution in [0.5, 0.6) is 0 Å². The lowest BCUT2D eigenvalue weighted by Gasteiger charge is -2.36. The van der Waals surface area contributed by atoms with E-state index >= 15 is 0 Å². The molecule has 1 aliphatic heterocycles. The first-order chi connectivity index (χ1) is 14.3. The quantitative estimate of drug-likeness (QED) is 0.453. The molecule has 29 heavy (non-hydrogen) atoms. The van der Waals surface area contributed by atoms with Crippen LogP contribution >= 0.6 is 11.3 Å². The molecule has 4 aromatic rings. The Bertz CT molecular complexity index is 1130. The van der Waals surface area contributed by atoms with Gasteiger partial charge in [0.15, 0.2) is 0 Å². The standard InChI is InChI=1S/C25H22N2OS/c28-25(20-11-5-2-6-12-20)27-17-15-26(16-18-27)23-21-13-7-8-14-22(21)29-24(23)19-9-3-1-4-10-19/h1-14H,15-18H2. The maximum atomic E-state index is 12.8. The second-order valence-electron chi connectivity index (χ2n) is 7.29. The Morgan fingerprint density at radius 3 is 2.07 bits per heavy atom. The Kier molecular flexibility index (Phi) is 4.78. The summed E-state index contributed by atoms with van der Waals surface area (Å²) in [5.74, 6) is 0.128. The molecule has 1 saturated heterocycles. The van der Waals surface area contributed by atoms with Crippen LogP contribution in [0, 0.1) is 0 Å². The Morgan fingerprint density at radius 2 is 1.34 bits per heavy atom. The van der Waals surface area contributed by atoms with E-state index in [1.165, 1.54) is 26.2 Å². The van der Waals surface area contributed by atoms with Crippen LogP contribution in [-0.2, 0) is 0 Å². The molecular formula is C25H22N2OS. The van der Waals surface area contributed by atoms with Gasteiger partial charge in [0, 0.05) is 41.8 Å². The molecule has 1 amide bonds. The van der Waals surface area contributed by atoms with Gasteiger partial charge >= 0.3 is 0 Å². The van der Waals surface area contributed by atoms with Gasteiger partial charge in [-0.25, -0.2) is 0 Å². The van der Waals surface area contributed by atoms with E-state index in [9.17, 15) is 4.79 Å². The molecule has 3 aromatic carbocycles. The summed E-state index contributed by atoms with van der Waals surface area (Å²) in [5, 5.41) is 1.30. The van der Waals surface area contributed by atoms with Crippen molar-refractivity contribution in [3.63, 3.8) is 0 Å². The van der Waals surface area contributed by atoms with Crippen LogP contribution in [-0.4, -0.2) is 37.0 Å². The summed E-state index contributed by atoms with van der Waals surface area (Å²) in [6.07, 6.45) is 0. The third kappa shape index (κ3) is 3.40. The number of piperazine rings is 1. The molecule has 2 heterocycles. The summed E-state index contributed by atoms with van der Waals surface area (Å²) in [6.45, 7) is 3.18. The number of hydrogen-bond donors (Lipinski definition) is 0. The van der Waals surface area contributed by atoms with E-state index in [0.29, 0.717) is 0 Å². The van der Waals surface area contributed by atoms with Gasteiger partial charge in [-0.1, -0.05) is 66.7 Å². The minimum atomic E-state index is 0.128. The molecule has 0 bridgehead atoms. The Balaban J connectivity index is 1.44. The molecular weight excluding hydrogens is 376 g/mol. The number of hydrogen-bond acceptors (Lipinski definition) is 3. The Labute approximate surface area is 174 Å². The summed E-state index contributed by atoms with van der Waals surface area (Å²) in [5.41, 5.74) is 3.34. The molecule has 3 nitrogen and oxygen atoms in total. The lowest BCUT2D eigenvalue weighted by molar-refractivity contribution is 0.0747. The summed E-state index contributed by atoms with van der Waals surface area (Å²) in [6, 6.07) is 28.8. The molecule has 4 heteroatoms. The SMILES string of the molecule is O=C(c1ccccc1)N1CCN(c2c(-c3ccccc3)sc3ccccc23)CC1. The highest BCUT2D eigenvalue weighted by Gasteiger charge is 2.26. The number of carbonyl (C=O) groups excluding carboxylic acids is 1. The molecule has 144 valence electrons. The Hall–Kier alpha value is -3.11. The van der Waals surface area contributed by atoms with Crippen LogP contribution in [0.2, 0.25) is 0 Å². The topological polar surface area (TPSA) is 23.6 Å². The third-order valence-corrected chi connectivity index (χ3v) is 6.72. The average molecular weight is 399 g/mol. The summed E-state index contributed by atoms with van der Waals surface area (Å²) >= 11 is 1.85. The predicted molar refractivity (Wildman–Crippen MR) is 122 cm³/mol. The summed E-state index contributed by atoms with van der Waals surface area (Å²) < 4.78 is 1.31. The van der Waals surface area contributed by atoms with Crippen LogP contribution in [0.1, 0.15) is 10.4 Å². The fourth-order valence-corrected chi connectivity index (χ4v) is 5.26. The van der Waals surface area contributed by atoms with Crippen molar-refractivity contribution in [2.24, 2.45) is 0 Å². The van der Waals surface area contributed by atoms with Crippen molar-refractivity contribution in [1.82, 2.24) is 4.90 Å². The van der Waals surface area contributed by atoms with Crippen molar-refractivity contribution in [1.29, 1.82) is 0 Å². The molecule has 0 N–H and O–H groups in total. The van der Waals surface area contributed by atoms with Gasteiger partial charge in [0.2, 0.25) is 0 Å². The average Bonchev–Trinajstić information content (AvgIpc) is 3.19. The molecule has 1 fully saturated rings. The highest BCUT2D eigenvalue weighted by molar-refractivity contribution is 7.23. The van der Waals surface area contributed by atoms with Gasteiger partial charge in [-0.05, 0) is 23.8 Å². The van der Waals surface area contributed by atoms with E-state index in [0.717, 1.165) is 31.7 Å². The van der Waals surface area contributed by atoms with Gasteiger partial charge < -0.3 is 9.80 Å². The van der Waals surface area contributed by atoms with Gasteiger partial charge in [-0.15, -0.1) is 11.3 Å². The number of nitrogens with zero attached hydrogens (tertiary/aromatic N) is 2. The molecule has 0 atom stereocenters. The van der Waals surface area contributed by atoms with E-state index in [4.69, 9.17) is 0 Å². The van der Waals surface area contributed by atoms with Gasteiger partial charge in [0.25, 0.3) is 5.91 Å². The molecule has 5 rings (SSSR count). The molecule has 0 spiro atoms. The van der Waals surface area contributed by atoms with Crippen molar-refractivity contribution in [3.8, 4) is 10.4 Å². The molecule has 0 aliphatic carbocycles. The zero-order valence-electron chi connectivity index (χ0n) is 16.1. The monoisotopic (exact) mass is 398 g/mol. The van der Waals surface area contributed by atoms with Crippen molar-refractivity contribution >= 4 is 33.0 Å². The van der Waals surface area contributed by atoms with E-state index in [2.05, 4.69) is 59.5 Å². The van der Waals surface area contributed by atoms with E-state index < -0.39 is 0 Å². The first-order valence-corrected chi connectivity index (χ1v) is 10.8. The van der Waals surface area contributed by atoms with Crippen LogP contribution in [0.3, 0.4) is 0 Å². The largest absolute Gasteiger partial charge is 0.366 e. The first kappa shape index (κ1) is 18.0. The van der Waals surface area contributed by atoms with E-state index in [1.54, 1.807) is 0 Å². The van der Waals surface area contributed by atoms with E-state index in [-0.39, 0.29) is 5.91 Å². The van der Waals surface area contributed by atoms with Crippen LogP contribution in [0.15, 0.2) is 84.9 Å². The fourth-order valence-electron chi connectivity index (χ4n) is 4.03. The highest BCUT2D eigenvalue weighted by Crippen LogP contribution is 2.44. The number of benzene rings is 3. The van der Waals surface area contributed by atoms with Gasteiger partial charge in [0.05, 0.1) is 10.6 Å². The second-order valence-corrected chi connectivity index (χ2v) is 8.34. The van der Waals surface area contributed by atoms with Crippen LogP contribution in [0.25, 0.3) is 20.5 Å². The minimum absolute atomic E-state index is 0.128.